The first-order valence-electron chi connectivity index (χ1n) is 17.5. The molecule has 308 valence electrons. The standard InChI is InChI=1S/C39H32N6O13S2/c1-3-57-37(48)27-9-5-7-11-29(27)42-44-33-31(59(51,52)53)19-21-17-23(13-15-25(21)35(33)46)40-39(50)41-24-14-16-26-22(18-24)20-32(60(54,55)56)34(36(26)47)45-43-30-12-8-6-10-28(30)38(49)58-4-2/h5-20,42-43H,3-4H2,1-2H3,(H2,40,41,50)(H,51,52,53)(H,54,55,56)/b44-33-,45-34-. The van der Waals surface area contributed by atoms with Crippen LogP contribution >= 0.6 is 0 Å². The number of hydrogen-bond donors (Lipinski definition) is 6. The van der Waals surface area contributed by atoms with Crippen LogP contribution in [0.5, 0.6) is 0 Å². The van der Waals surface area contributed by atoms with Crippen molar-refractivity contribution in [1.29, 1.82) is 0 Å². The SMILES string of the molecule is CCOC(=O)c1ccccc1N/N=C1\C(=O)c2ccc(NC(=O)Nc3ccc4c(c3)C=C(S(=O)(=O)O)/C(=N/Nc3ccccc3C(=O)OCC)C4=O)cc2C=C1S(=O)(=O)O. The number of anilines is 4. The van der Waals surface area contributed by atoms with Gasteiger partial charge in [0.25, 0.3) is 20.2 Å². The van der Waals surface area contributed by atoms with Crippen molar-refractivity contribution in [3.63, 3.8) is 0 Å². The maximum absolute atomic E-state index is 13.5. The highest BCUT2D eigenvalue weighted by Crippen LogP contribution is 2.31. The highest BCUT2D eigenvalue weighted by molar-refractivity contribution is 7.91. The van der Waals surface area contributed by atoms with Crippen molar-refractivity contribution in [2.24, 2.45) is 10.2 Å². The average Bonchev–Trinajstić information content (AvgIpc) is 3.19. The summed E-state index contributed by atoms with van der Waals surface area (Å²) in [5, 5.41) is 12.9. The van der Waals surface area contributed by atoms with Crippen molar-refractivity contribution < 1.29 is 59.4 Å². The molecule has 0 heterocycles. The fraction of sp³-hybridized carbons (Fsp3) is 0.103. The van der Waals surface area contributed by atoms with E-state index < -0.39 is 71.0 Å². The maximum Gasteiger partial charge on any atom is 0.340 e. The van der Waals surface area contributed by atoms with Gasteiger partial charge >= 0.3 is 18.0 Å². The number of allylic oxidation sites excluding steroid dienone is 2. The van der Waals surface area contributed by atoms with Gasteiger partial charge in [0.1, 0.15) is 9.81 Å². The number of nitrogens with zero attached hydrogens (tertiary/aromatic N) is 2. The van der Waals surface area contributed by atoms with Crippen LogP contribution in [0.15, 0.2) is 105 Å². The molecule has 0 saturated carbocycles. The third-order valence-electron chi connectivity index (χ3n) is 8.56. The number of amides is 2. The van der Waals surface area contributed by atoms with E-state index in [1.807, 2.05) is 0 Å². The number of fused-ring (bicyclic) bond motifs is 2. The molecule has 60 heavy (non-hydrogen) atoms. The number of ketones is 2. The van der Waals surface area contributed by atoms with Crippen LogP contribution in [0.25, 0.3) is 12.2 Å². The number of rotatable bonds is 12. The normalized spacial score (nSPS) is 14.9. The number of para-hydroxylation sites is 2. The minimum Gasteiger partial charge on any atom is -0.462 e. The van der Waals surface area contributed by atoms with Gasteiger partial charge in [0.2, 0.25) is 11.6 Å². The van der Waals surface area contributed by atoms with Crippen LogP contribution in [0.4, 0.5) is 27.5 Å². The van der Waals surface area contributed by atoms with Gasteiger partial charge in [-0.05, 0) is 97.8 Å². The number of hydrogen-bond acceptors (Lipinski definition) is 15. The van der Waals surface area contributed by atoms with Crippen LogP contribution in [0.3, 0.4) is 0 Å². The Bertz CT molecular complexity index is 2660. The lowest BCUT2D eigenvalue weighted by Crippen LogP contribution is -2.28. The molecule has 2 aliphatic carbocycles. The number of urea groups is 1. The predicted molar refractivity (Wildman–Crippen MR) is 220 cm³/mol. The molecule has 2 aliphatic rings. The Morgan fingerprint density at radius 2 is 0.983 bits per heavy atom. The number of esters is 2. The first-order valence-corrected chi connectivity index (χ1v) is 20.4. The van der Waals surface area contributed by atoms with Crippen molar-refractivity contribution in [2.75, 3.05) is 34.7 Å². The van der Waals surface area contributed by atoms with E-state index >= 15 is 0 Å². The molecule has 0 bridgehead atoms. The number of carbonyl (C=O) groups excluding carboxylic acids is 5. The van der Waals surface area contributed by atoms with E-state index in [9.17, 15) is 49.9 Å². The molecule has 2 amide bonds. The summed E-state index contributed by atoms with van der Waals surface area (Å²) in [6.07, 6.45) is 1.94. The van der Waals surface area contributed by atoms with Crippen LogP contribution in [0.2, 0.25) is 0 Å². The molecular weight excluding hydrogens is 825 g/mol. The summed E-state index contributed by atoms with van der Waals surface area (Å²) in [4.78, 5) is 63.1. The fourth-order valence-electron chi connectivity index (χ4n) is 5.90. The quantitative estimate of drug-likeness (QED) is 0.0585. The van der Waals surface area contributed by atoms with Gasteiger partial charge < -0.3 is 20.1 Å². The van der Waals surface area contributed by atoms with Crippen LogP contribution in [-0.2, 0) is 29.7 Å². The summed E-state index contributed by atoms with van der Waals surface area (Å²) < 4.78 is 79.8. The zero-order chi connectivity index (χ0) is 43.4. The molecule has 4 aromatic rings. The molecule has 0 aliphatic heterocycles. The van der Waals surface area contributed by atoms with Crippen LogP contribution in [0.1, 0.15) is 66.4 Å². The van der Waals surface area contributed by atoms with Crippen molar-refractivity contribution in [3.05, 3.63) is 128 Å². The lowest BCUT2D eigenvalue weighted by atomic mass is 9.94. The third-order valence-corrected chi connectivity index (χ3v) is 10.3. The number of nitrogens with one attached hydrogen (secondary N) is 4. The molecule has 0 atom stereocenters. The number of benzene rings is 4. The summed E-state index contributed by atoms with van der Waals surface area (Å²) in [6.45, 7) is 3.37. The summed E-state index contributed by atoms with van der Waals surface area (Å²) in [5.74, 6) is -3.23. The first-order chi connectivity index (χ1) is 28.5. The van der Waals surface area contributed by atoms with Gasteiger partial charge in [-0.1, -0.05) is 24.3 Å². The Morgan fingerprint density at radius 3 is 1.35 bits per heavy atom. The summed E-state index contributed by atoms with van der Waals surface area (Å²) in [6, 6.07) is 18.8. The van der Waals surface area contributed by atoms with E-state index in [0.29, 0.717) is 0 Å². The summed E-state index contributed by atoms with van der Waals surface area (Å²) in [5.41, 5.74) is 3.90. The number of Topliss-reactive ketones (excluding diaryl/α,β-unsaturated/α-hetero) is 2. The topological polar surface area (TPSA) is 285 Å². The second kappa shape index (κ2) is 17.3. The van der Waals surface area contributed by atoms with Gasteiger partial charge in [-0.25, -0.2) is 14.4 Å². The van der Waals surface area contributed by atoms with Crippen molar-refractivity contribution in [1.82, 2.24) is 0 Å². The van der Waals surface area contributed by atoms with Gasteiger partial charge in [-0.2, -0.15) is 27.0 Å². The van der Waals surface area contributed by atoms with E-state index in [1.165, 1.54) is 60.7 Å². The molecule has 0 aromatic heterocycles. The predicted octanol–water partition coefficient (Wildman–Crippen LogP) is 5.47. The Kier molecular flexibility index (Phi) is 12.2. The first kappa shape index (κ1) is 42.3. The highest BCUT2D eigenvalue weighted by atomic mass is 32.2. The van der Waals surface area contributed by atoms with E-state index in [0.717, 1.165) is 12.2 Å². The second-order valence-corrected chi connectivity index (χ2v) is 15.3. The number of ether oxygens (including phenoxy) is 2. The molecule has 6 N–H and O–H groups in total. The molecular formula is C39H32N6O13S2. The monoisotopic (exact) mass is 856 g/mol. The molecule has 0 spiro atoms. The van der Waals surface area contributed by atoms with Gasteiger partial charge in [0.15, 0.2) is 11.4 Å². The lowest BCUT2D eigenvalue weighted by Gasteiger charge is -2.18. The molecule has 4 aromatic carbocycles. The fourth-order valence-corrected chi connectivity index (χ4v) is 7.21. The van der Waals surface area contributed by atoms with Gasteiger partial charge in [-0.3, -0.25) is 29.5 Å². The highest BCUT2D eigenvalue weighted by Gasteiger charge is 2.35. The van der Waals surface area contributed by atoms with E-state index in [-0.39, 0.29) is 69.3 Å². The molecule has 0 fully saturated rings. The third kappa shape index (κ3) is 9.18. The molecule has 0 saturated heterocycles. The van der Waals surface area contributed by atoms with Gasteiger partial charge in [-0.15, -0.1) is 0 Å². The zero-order valence-electron chi connectivity index (χ0n) is 31.2. The van der Waals surface area contributed by atoms with Gasteiger partial charge in [0.05, 0.1) is 35.7 Å². The van der Waals surface area contributed by atoms with Crippen molar-refractivity contribution in [2.45, 2.75) is 13.8 Å². The van der Waals surface area contributed by atoms with E-state index in [1.54, 1.807) is 38.1 Å². The molecule has 0 radical (unpaired) electrons. The second-order valence-electron chi connectivity index (χ2n) is 12.5. The van der Waals surface area contributed by atoms with Crippen LogP contribution < -0.4 is 21.5 Å². The van der Waals surface area contributed by atoms with Crippen LogP contribution in [0, 0.1) is 0 Å². The summed E-state index contributed by atoms with van der Waals surface area (Å²) in [7, 11) is -10.1. The minimum absolute atomic E-state index is 0.0113. The van der Waals surface area contributed by atoms with E-state index in [2.05, 4.69) is 31.7 Å². The minimum atomic E-state index is -5.05. The summed E-state index contributed by atoms with van der Waals surface area (Å²) >= 11 is 0. The Labute approximate surface area is 341 Å². The average molecular weight is 857 g/mol. The molecule has 21 heteroatoms. The number of carbonyl (C=O) groups is 5. The number of hydrazone groups is 2. The molecule has 6 rings (SSSR count). The zero-order valence-corrected chi connectivity index (χ0v) is 32.9. The lowest BCUT2D eigenvalue weighted by molar-refractivity contribution is 0.0518. The van der Waals surface area contributed by atoms with Crippen molar-refractivity contribution >= 4 is 96.1 Å². The van der Waals surface area contributed by atoms with Gasteiger partial charge in [0, 0.05) is 22.5 Å². The van der Waals surface area contributed by atoms with E-state index in [4.69, 9.17) is 9.47 Å². The van der Waals surface area contributed by atoms with Crippen molar-refractivity contribution in [3.8, 4) is 0 Å². The molecule has 19 nitrogen and oxygen atoms in total. The van der Waals surface area contributed by atoms with Crippen LogP contribution in [-0.4, -0.2) is 80.1 Å². The Morgan fingerprint density at radius 1 is 0.600 bits per heavy atom. The molecule has 0 unspecified atom stereocenters. The largest absolute Gasteiger partial charge is 0.462 e. The Hall–Kier alpha value is -7.33. The smallest absolute Gasteiger partial charge is 0.340 e. The Balaban J connectivity index is 1.22. The maximum atomic E-state index is 13.5.